The number of pyridine rings is 1. The van der Waals surface area contributed by atoms with Gasteiger partial charge in [-0.3, -0.25) is 24.5 Å². The van der Waals surface area contributed by atoms with Crippen LogP contribution in [-0.2, 0) is 20.9 Å². The third-order valence-electron chi connectivity index (χ3n) is 3.21. The maximum atomic E-state index is 12.1. The summed E-state index contributed by atoms with van der Waals surface area (Å²) in [5.41, 5.74) is -0.194. The van der Waals surface area contributed by atoms with Gasteiger partial charge in [0.2, 0.25) is 17.7 Å². The monoisotopic (exact) mass is 277 g/mol. The van der Waals surface area contributed by atoms with E-state index in [2.05, 4.69) is 5.32 Å². The highest BCUT2D eigenvalue weighted by molar-refractivity contribution is 6.04. The SMILES string of the molecule is CC1C(=O)NC(=O)CN1C(=O)CCn1ccccc1=O. The average molecular weight is 277 g/mol. The number of aromatic nitrogens is 1. The van der Waals surface area contributed by atoms with Gasteiger partial charge in [-0.15, -0.1) is 0 Å². The second kappa shape index (κ2) is 5.68. The van der Waals surface area contributed by atoms with Gasteiger partial charge in [-0.25, -0.2) is 0 Å². The fourth-order valence-corrected chi connectivity index (χ4v) is 2.02. The molecule has 1 N–H and O–H groups in total. The van der Waals surface area contributed by atoms with Gasteiger partial charge in [0, 0.05) is 25.2 Å². The summed E-state index contributed by atoms with van der Waals surface area (Å²) in [6, 6.07) is 4.06. The molecule has 0 aliphatic carbocycles. The van der Waals surface area contributed by atoms with Crippen LogP contribution in [0.3, 0.4) is 0 Å². The van der Waals surface area contributed by atoms with Crippen molar-refractivity contribution in [3.63, 3.8) is 0 Å². The summed E-state index contributed by atoms with van der Waals surface area (Å²) < 4.78 is 1.41. The van der Waals surface area contributed by atoms with Gasteiger partial charge < -0.3 is 9.47 Å². The summed E-state index contributed by atoms with van der Waals surface area (Å²) in [4.78, 5) is 47.5. The molecule has 7 nitrogen and oxygen atoms in total. The third-order valence-corrected chi connectivity index (χ3v) is 3.21. The number of hydrogen-bond acceptors (Lipinski definition) is 4. The largest absolute Gasteiger partial charge is 0.322 e. The summed E-state index contributed by atoms with van der Waals surface area (Å²) in [6.07, 6.45) is 1.65. The molecule has 1 atom stereocenters. The van der Waals surface area contributed by atoms with Gasteiger partial charge in [0.25, 0.3) is 5.56 Å². The normalized spacial score (nSPS) is 18.9. The number of nitrogens with zero attached hydrogens (tertiary/aromatic N) is 2. The van der Waals surface area contributed by atoms with Crippen LogP contribution in [0.25, 0.3) is 0 Å². The Bertz CT molecular complexity index is 608. The zero-order chi connectivity index (χ0) is 14.7. The maximum Gasteiger partial charge on any atom is 0.250 e. The van der Waals surface area contributed by atoms with E-state index in [9.17, 15) is 19.2 Å². The first-order valence-corrected chi connectivity index (χ1v) is 6.27. The number of nitrogens with one attached hydrogen (secondary N) is 1. The summed E-state index contributed by atoms with van der Waals surface area (Å²) in [6.45, 7) is 1.65. The van der Waals surface area contributed by atoms with Gasteiger partial charge in [-0.2, -0.15) is 0 Å². The molecular formula is C13H15N3O4. The predicted molar refractivity (Wildman–Crippen MR) is 69.6 cm³/mol. The van der Waals surface area contributed by atoms with E-state index < -0.39 is 17.9 Å². The van der Waals surface area contributed by atoms with Crippen LogP contribution in [0.15, 0.2) is 29.2 Å². The van der Waals surface area contributed by atoms with E-state index in [0.717, 1.165) is 0 Å². The van der Waals surface area contributed by atoms with Crippen molar-refractivity contribution in [2.75, 3.05) is 6.54 Å². The van der Waals surface area contributed by atoms with Crippen LogP contribution in [0.2, 0.25) is 0 Å². The van der Waals surface area contributed by atoms with Crippen LogP contribution in [0, 0.1) is 0 Å². The summed E-state index contributed by atoms with van der Waals surface area (Å²) in [5.74, 6) is -1.29. The molecule has 0 spiro atoms. The quantitative estimate of drug-likeness (QED) is 0.726. The van der Waals surface area contributed by atoms with Gasteiger partial charge in [0.05, 0.1) is 0 Å². The fraction of sp³-hybridized carbons (Fsp3) is 0.385. The van der Waals surface area contributed by atoms with Crippen molar-refractivity contribution in [3.05, 3.63) is 34.7 Å². The van der Waals surface area contributed by atoms with Crippen molar-refractivity contribution >= 4 is 17.7 Å². The Kier molecular flexibility index (Phi) is 3.97. The Morgan fingerprint density at radius 1 is 1.35 bits per heavy atom. The molecular weight excluding hydrogens is 262 g/mol. The minimum atomic E-state index is -0.673. The summed E-state index contributed by atoms with van der Waals surface area (Å²) >= 11 is 0. The van der Waals surface area contributed by atoms with Crippen LogP contribution in [-0.4, -0.2) is 39.8 Å². The van der Waals surface area contributed by atoms with Gasteiger partial charge in [-0.1, -0.05) is 6.07 Å². The van der Waals surface area contributed by atoms with E-state index in [1.54, 1.807) is 25.3 Å². The Labute approximate surface area is 115 Å². The highest BCUT2D eigenvalue weighted by atomic mass is 16.2. The minimum absolute atomic E-state index is 0.0643. The van der Waals surface area contributed by atoms with Gasteiger partial charge in [0.15, 0.2) is 0 Å². The Hall–Kier alpha value is -2.44. The number of piperazine rings is 1. The first kappa shape index (κ1) is 14.0. The van der Waals surface area contributed by atoms with Crippen molar-refractivity contribution in [1.29, 1.82) is 0 Å². The molecule has 3 amide bonds. The molecule has 1 aromatic rings. The zero-order valence-corrected chi connectivity index (χ0v) is 11.0. The minimum Gasteiger partial charge on any atom is -0.322 e. The Morgan fingerprint density at radius 3 is 2.80 bits per heavy atom. The molecule has 0 aromatic carbocycles. The second-order valence-corrected chi connectivity index (χ2v) is 4.59. The van der Waals surface area contributed by atoms with Crippen molar-refractivity contribution in [2.24, 2.45) is 0 Å². The number of hydrogen-bond donors (Lipinski definition) is 1. The number of aryl methyl sites for hydroxylation is 1. The Balaban J connectivity index is 2.01. The zero-order valence-electron chi connectivity index (χ0n) is 11.0. The molecule has 1 fully saturated rings. The van der Waals surface area contributed by atoms with Crippen molar-refractivity contribution < 1.29 is 14.4 Å². The molecule has 1 aliphatic rings. The van der Waals surface area contributed by atoms with Crippen LogP contribution in [0.4, 0.5) is 0 Å². The molecule has 1 aliphatic heterocycles. The lowest BCUT2D eigenvalue weighted by Crippen LogP contribution is -2.58. The molecule has 106 valence electrons. The lowest BCUT2D eigenvalue weighted by atomic mass is 10.2. The first-order valence-electron chi connectivity index (χ1n) is 6.27. The molecule has 1 aromatic heterocycles. The first-order chi connectivity index (χ1) is 9.49. The lowest BCUT2D eigenvalue weighted by molar-refractivity contribution is -0.149. The molecule has 7 heteroatoms. The van der Waals surface area contributed by atoms with E-state index in [1.165, 1.54) is 15.5 Å². The molecule has 2 heterocycles. The van der Waals surface area contributed by atoms with E-state index in [-0.39, 0.29) is 31.0 Å². The number of imide groups is 1. The van der Waals surface area contributed by atoms with Crippen LogP contribution in [0.1, 0.15) is 13.3 Å². The second-order valence-electron chi connectivity index (χ2n) is 4.59. The van der Waals surface area contributed by atoms with Crippen molar-refractivity contribution in [2.45, 2.75) is 25.9 Å². The fourth-order valence-electron chi connectivity index (χ4n) is 2.02. The van der Waals surface area contributed by atoms with Crippen LogP contribution < -0.4 is 10.9 Å². The lowest BCUT2D eigenvalue weighted by Gasteiger charge is -2.31. The maximum absolute atomic E-state index is 12.1. The van der Waals surface area contributed by atoms with E-state index in [4.69, 9.17) is 0 Å². The van der Waals surface area contributed by atoms with Gasteiger partial charge in [-0.05, 0) is 13.0 Å². The molecule has 0 bridgehead atoms. The third kappa shape index (κ3) is 2.93. The molecule has 20 heavy (non-hydrogen) atoms. The summed E-state index contributed by atoms with van der Waals surface area (Å²) in [7, 11) is 0. The van der Waals surface area contributed by atoms with Gasteiger partial charge in [0.1, 0.15) is 12.6 Å². The van der Waals surface area contributed by atoms with Crippen molar-refractivity contribution in [1.82, 2.24) is 14.8 Å². The molecule has 2 rings (SSSR count). The molecule has 1 saturated heterocycles. The average Bonchev–Trinajstić information content (AvgIpc) is 2.41. The van der Waals surface area contributed by atoms with Crippen LogP contribution >= 0.6 is 0 Å². The summed E-state index contributed by atoms with van der Waals surface area (Å²) in [5, 5.41) is 2.17. The molecule has 0 radical (unpaired) electrons. The van der Waals surface area contributed by atoms with Gasteiger partial charge >= 0.3 is 0 Å². The molecule has 0 saturated carbocycles. The smallest absolute Gasteiger partial charge is 0.250 e. The molecule has 1 unspecified atom stereocenters. The van der Waals surface area contributed by atoms with E-state index in [1.807, 2.05) is 0 Å². The standard InChI is InChI=1S/C13H15N3O4/c1-9-13(20)14-10(17)8-16(9)12(19)5-7-15-6-3-2-4-11(15)18/h2-4,6,9H,5,7-8H2,1H3,(H,14,17,20). The van der Waals surface area contributed by atoms with Crippen molar-refractivity contribution in [3.8, 4) is 0 Å². The number of carbonyl (C=O) groups excluding carboxylic acids is 3. The highest BCUT2D eigenvalue weighted by Crippen LogP contribution is 2.07. The Morgan fingerprint density at radius 2 is 2.10 bits per heavy atom. The highest BCUT2D eigenvalue weighted by Gasteiger charge is 2.33. The number of amides is 3. The van der Waals surface area contributed by atoms with Crippen LogP contribution in [0.5, 0.6) is 0 Å². The predicted octanol–water partition coefficient (Wildman–Crippen LogP) is -0.888. The topological polar surface area (TPSA) is 88.5 Å². The number of rotatable bonds is 3. The van der Waals surface area contributed by atoms with E-state index >= 15 is 0 Å². The van der Waals surface area contributed by atoms with E-state index in [0.29, 0.717) is 0 Å². The number of carbonyl (C=O) groups is 3.